The predicted octanol–water partition coefficient (Wildman–Crippen LogP) is 2.21. The first kappa shape index (κ1) is 9.94. The summed E-state index contributed by atoms with van der Waals surface area (Å²) in [5.74, 6) is -0.274. The van der Waals surface area contributed by atoms with Gasteiger partial charge in [0.25, 0.3) is 0 Å². The Balaban J connectivity index is 2.29. The van der Waals surface area contributed by atoms with Crippen LogP contribution in [0.4, 0.5) is 15.8 Å². The Bertz CT molecular complexity index is 394. The second kappa shape index (κ2) is 4.28. The SMILES string of the molecule is [C-]#[N+]c1ccc(F)c(N2CCOCC2)c1. The molecule has 0 aromatic heterocycles. The average Bonchev–Trinajstić information content (AvgIpc) is 2.31. The van der Waals surface area contributed by atoms with Crippen LogP contribution in [0.2, 0.25) is 0 Å². The van der Waals surface area contributed by atoms with Crippen molar-refractivity contribution in [2.45, 2.75) is 0 Å². The summed E-state index contributed by atoms with van der Waals surface area (Å²) in [6, 6.07) is 4.43. The molecule has 78 valence electrons. The fraction of sp³-hybridized carbons (Fsp3) is 0.364. The molecule has 0 bridgehead atoms. The highest BCUT2D eigenvalue weighted by molar-refractivity contribution is 5.59. The van der Waals surface area contributed by atoms with Gasteiger partial charge in [0.2, 0.25) is 0 Å². The van der Waals surface area contributed by atoms with Crippen molar-refractivity contribution in [3.63, 3.8) is 0 Å². The van der Waals surface area contributed by atoms with Crippen molar-refractivity contribution in [1.82, 2.24) is 0 Å². The van der Waals surface area contributed by atoms with E-state index in [1.165, 1.54) is 12.1 Å². The number of anilines is 1. The van der Waals surface area contributed by atoms with Crippen molar-refractivity contribution in [2.24, 2.45) is 0 Å². The van der Waals surface area contributed by atoms with Crippen molar-refractivity contribution in [2.75, 3.05) is 31.2 Å². The maximum atomic E-state index is 13.5. The standard InChI is InChI=1S/C11H11FN2O/c1-13-9-2-3-10(12)11(8-9)14-4-6-15-7-5-14/h2-3,8H,4-7H2. The molecule has 1 aliphatic heterocycles. The van der Waals surface area contributed by atoms with Gasteiger partial charge in [-0.05, 0) is 12.1 Å². The van der Waals surface area contributed by atoms with E-state index in [0.717, 1.165) is 0 Å². The minimum absolute atomic E-state index is 0.274. The Hall–Kier alpha value is -1.60. The minimum atomic E-state index is -0.274. The summed E-state index contributed by atoms with van der Waals surface area (Å²) in [5, 5.41) is 0. The molecule has 0 atom stereocenters. The molecule has 0 spiro atoms. The van der Waals surface area contributed by atoms with Gasteiger partial charge in [0, 0.05) is 13.1 Å². The molecule has 0 amide bonds. The Labute approximate surface area is 87.9 Å². The maximum absolute atomic E-state index is 13.5. The number of halogens is 1. The molecule has 4 heteroatoms. The lowest BCUT2D eigenvalue weighted by Gasteiger charge is -2.29. The Morgan fingerprint density at radius 1 is 1.33 bits per heavy atom. The lowest BCUT2D eigenvalue weighted by molar-refractivity contribution is 0.122. The van der Waals surface area contributed by atoms with Gasteiger partial charge in [-0.3, -0.25) is 0 Å². The van der Waals surface area contributed by atoms with Gasteiger partial charge in [0.1, 0.15) is 5.82 Å². The van der Waals surface area contributed by atoms with E-state index >= 15 is 0 Å². The van der Waals surface area contributed by atoms with Gasteiger partial charge in [-0.15, -0.1) is 0 Å². The molecular formula is C11H11FN2O. The number of morpholine rings is 1. The van der Waals surface area contributed by atoms with Crippen LogP contribution in [0.3, 0.4) is 0 Å². The average molecular weight is 206 g/mol. The van der Waals surface area contributed by atoms with E-state index in [0.29, 0.717) is 37.7 Å². The maximum Gasteiger partial charge on any atom is 0.189 e. The third kappa shape index (κ3) is 2.08. The molecule has 3 nitrogen and oxygen atoms in total. The van der Waals surface area contributed by atoms with Crippen LogP contribution >= 0.6 is 0 Å². The highest BCUT2D eigenvalue weighted by Crippen LogP contribution is 2.25. The Morgan fingerprint density at radius 3 is 2.73 bits per heavy atom. The van der Waals surface area contributed by atoms with Crippen LogP contribution in [0, 0.1) is 12.4 Å². The van der Waals surface area contributed by atoms with Crippen molar-refractivity contribution >= 4 is 11.4 Å². The second-order valence-electron chi connectivity index (χ2n) is 3.35. The van der Waals surface area contributed by atoms with Crippen LogP contribution in [0.25, 0.3) is 4.85 Å². The molecule has 15 heavy (non-hydrogen) atoms. The van der Waals surface area contributed by atoms with Crippen LogP contribution in [-0.4, -0.2) is 26.3 Å². The summed E-state index contributed by atoms with van der Waals surface area (Å²) in [7, 11) is 0. The summed E-state index contributed by atoms with van der Waals surface area (Å²) in [4.78, 5) is 5.20. The van der Waals surface area contributed by atoms with Crippen LogP contribution in [0.15, 0.2) is 18.2 Å². The monoisotopic (exact) mass is 206 g/mol. The molecule has 0 unspecified atom stereocenters. The number of nitrogens with zero attached hydrogens (tertiary/aromatic N) is 2. The molecule has 1 aromatic rings. The summed E-state index contributed by atoms with van der Waals surface area (Å²) >= 11 is 0. The second-order valence-corrected chi connectivity index (χ2v) is 3.35. The molecular weight excluding hydrogens is 195 g/mol. The van der Waals surface area contributed by atoms with Gasteiger partial charge >= 0.3 is 0 Å². The topological polar surface area (TPSA) is 16.8 Å². The molecule has 1 fully saturated rings. The zero-order valence-electron chi connectivity index (χ0n) is 8.24. The minimum Gasteiger partial charge on any atom is -0.378 e. The van der Waals surface area contributed by atoms with Gasteiger partial charge < -0.3 is 9.64 Å². The summed E-state index contributed by atoms with van der Waals surface area (Å²) in [6.45, 7) is 9.47. The molecule has 2 rings (SSSR count). The first-order chi connectivity index (χ1) is 7.31. The van der Waals surface area contributed by atoms with Gasteiger partial charge in [-0.1, -0.05) is 6.07 Å². The Morgan fingerprint density at radius 2 is 2.07 bits per heavy atom. The van der Waals surface area contributed by atoms with Crippen molar-refractivity contribution in [1.29, 1.82) is 0 Å². The molecule has 1 saturated heterocycles. The first-order valence-corrected chi connectivity index (χ1v) is 4.81. The number of hydrogen-bond donors (Lipinski definition) is 0. The highest BCUT2D eigenvalue weighted by Gasteiger charge is 2.15. The highest BCUT2D eigenvalue weighted by atomic mass is 19.1. The smallest absolute Gasteiger partial charge is 0.189 e. The molecule has 0 saturated carbocycles. The molecule has 0 radical (unpaired) electrons. The lowest BCUT2D eigenvalue weighted by atomic mass is 10.2. The molecule has 0 aliphatic carbocycles. The van der Waals surface area contributed by atoms with E-state index in [4.69, 9.17) is 11.3 Å². The molecule has 1 aliphatic rings. The fourth-order valence-electron chi connectivity index (χ4n) is 1.62. The van der Waals surface area contributed by atoms with E-state index in [1.54, 1.807) is 6.07 Å². The van der Waals surface area contributed by atoms with E-state index in [-0.39, 0.29) is 5.82 Å². The summed E-state index contributed by atoms with van der Waals surface area (Å²) in [6.07, 6.45) is 0. The van der Waals surface area contributed by atoms with Crippen molar-refractivity contribution in [3.05, 3.63) is 35.4 Å². The van der Waals surface area contributed by atoms with E-state index < -0.39 is 0 Å². The molecule has 0 N–H and O–H groups in total. The summed E-state index contributed by atoms with van der Waals surface area (Å²) < 4.78 is 18.7. The van der Waals surface area contributed by atoms with E-state index in [1.807, 2.05) is 4.90 Å². The van der Waals surface area contributed by atoms with E-state index in [9.17, 15) is 4.39 Å². The quantitative estimate of drug-likeness (QED) is 0.655. The van der Waals surface area contributed by atoms with Crippen LogP contribution in [0.5, 0.6) is 0 Å². The zero-order valence-corrected chi connectivity index (χ0v) is 8.24. The Kier molecular flexibility index (Phi) is 2.84. The molecule has 1 heterocycles. The normalized spacial score (nSPS) is 16.1. The van der Waals surface area contributed by atoms with Gasteiger partial charge in [0.15, 0.2) is 5.69 Å². The van der Waals surface area contributed by atoms with Crippen molar-refractivity contribution in [3.8, 4) is 0 Å². The van der Waals surface area contributed by atoms with Crippen LogP contribution in [-0.2, 0) is 4.74 Å². The molecule has 1 aromatic carbocycles. The van der Waals surface area contributed by atoms with Crippen LogP contribution in [0.1, 0.15) is 0 Å². The number of ether oxygens (including phenoxy) is 1. The predicted molar refractivity (Wildman–Crippen MR) is 55.7 cm³/mol. The third-order valence-corrected chi connectivity index (χ3v) is 2.41. The van der Waals surface area contributed by atoms with E-state index in [2.05, 4.69) is 4.85 Å². The first-order valence-electron chi connectivity index (χ1n) is 4.81. The number of benzene rings is 1. The zero-order chi connectivity index (χ0) is 10.7. The number of rotatable bonds is 1. The summed E-state index contributed by atoms with van der Waals surface area (Å²) in [5.41, 5.74) is 0.977. The lowest BCUT2D eigenvalue weighted by Crippen LogP contribution is -2.36. The number of hydrogen-bond acceptors (Lipinski definition) is 2. The van der Waals surface area contributed by atoms with Gasteiger partial charge in [-0.2, -0.15) is 0 Å². The third-order valence-electron chi connectivity index (χ3n) is 2.41. The largest absolute Gasteiger partial charge is 0.378 e. The fourth-order valence-corrected chi connectivity index (χ4v) is 1.62. The van der Waals surface area contributed by atoms with Gasteiger partial charge in [-0.25, -0.2) is 9.24 Å². The van der Waals surface area contributed by atoms with Crippen LogP contribution < -0.4 is 4.90 Å². The van der Waals surface area contributed by atoms with Crippen molar-refractivity contribution < 1.29 is 9.13 Å². The van der Waals surface area contributed by atoms with Gasteiger partial charge in [0.05, 0.1) is 25.5 Å².